The van der Waals surface area contributed by atoms with Crippen LogP contribution in [0.25, 0.3) is 0 Å². The SMILES string of the molecule is CCC(C)C(NC(=O)C(CC(N)=O)NC(=O)C(CCC(N)=O)NC(=O)C(N)Cc1cnc[nH]1)C(=O)O. The van der Waals surface area contributed by atoms with E-state index in [-0.39, 0.29) is 19.3 Å². The number of rotatable bonds is 16. The summed E-state index contributed by atoms with van der Waals surface area (Å²) in [6.45, 7) is 3.35. The van der Waals surface area contributed by atoms with Gasteiger partial charge in [0, 0.05) is 24.7 Å². The van der Waals surface area contributed by atoms with Gasteiger partial charge in [0.15, 0.2) is 0 Å². The quantitative estimate of drug-likeness (QED) is 0.112. The van der Waals surface area contributed by atoms with E-state index in [1.165, 1.54) is 12.5 Å². The normalized spacial score (nSPS) is 15.0. The first-order valence-corrected chi connectivity index (χ1v) is 11.3. The van der Waals surface area contributed by atoms with Gasteiger partial charge in [-0.15, -0.1) is 0 Å². The van der Waals surface area contributed by atoms with E-state index in [0.29, 0.717) is 12.1 Å². The van der Waals surface area contributed by atoms with Gasteiger partial charge in [-0.2, -0.15) is 0 Å². The van der Waals surface area contributed by atoms with Crippen molar-refractivity contribution in [2.45, 2.75) is 70.1 Å². The predicted octanol–water partition coefficient (Wildman–Crippen LogP) is -2.99. The first kappa shape index (κ1) is 30.0. The van der Waals surface area contributed by atoms with Crippen molar-refractivity contribution in [1.82, 2.24) is 25.9 Å². The van der Waals surface area contributed by atoms with Crippen LogP contribution in [0.4, 0.5) is 0 Å². The second-order valence-electron chi connectivity index (χ2n) is 8.40. The van der Waals surface area contributed by atoms with E-state index < -0.39 is 72.0 Å². The van der Waals surface area contributed by atoms with E-state index >= 15 is 0 Å². The fraction of sp³-hybridized carbons (Fsp3) is 0.571. The molecule has 5 unspecified atom stereocenters. The summed E-state index contributed by atoms with van der Waals surface area (Å²) in [5, 5.41) is 16.4. The molecule has 5 amide bonds. The minimum absolute atomic E-state index is 0.0783. The Labute approximate surface area is 207 Å². The molecule has 0 radical (unpaired) electrons. The zero-order chi connectivity index (χ0) is 27.4. The summed E-state index contributed by atoms with van der Waals surface area (Å²) < 4.78 is 0. The maximum Gasteiger partial charge on any atom is 0.326 e. The van der Waals surface area contributed by atoms with Crippen molar-refractivity contribution in [3.05, 3.63) is 18.2 Å². The van der Waals surface area contributed by atoms with Gasteiger partial charge in [0.1, 0.15) is 18.1 Å². The second-order valence-corrected chi connectivity index (χ2v) is 8.40. The maximum absolute atomic E-state index is 13.0. The molecule has 0 saturated heterocycles. The number of carboxylic acids is 1. The Bertz CT molecular complexity index is 937. The molecule has 15 heteroatoms. The molecule has 0 aromatic carbocycles. The molecule has 200 valence electrons. The Morgan fingerprint density at radius 1 is 1.00 bits per heavy atom. The van der Waals surface area contributed by atoms with Crippen LogP contribution in [-0.4, -0.2) is 74.7 Å². The molecular formula is C21H34N8O7. The third kappa shape index (κ3) is 10.1. The fourth-order valence-corrected chi connectivity index (χ4v) is 3.18. The monoisotopic (exact) mass is 510 g/mol. The summed E-state index contributed by atoms with van der Waals surface area (Å²) in [7, 11) is 0. The minimum Gasteiger partial charge on any atom is -0.480 e. The molecule has 1 aromatic heterocycles. The van der Waals surface area contributed by atoms with Gasteiger partial charge >= 0.3 is 5.97 Å². The van der Waals surface area contributed by atoms with Gasteiger partial charge in [-0.1, -0.05) is 20.3 Å². The molecule has 1 heterocycles. The van der Waals surface area contributed by atoms with Crippen LogP contribution in [-0.2, 0) is 35.2 Å². The van der Waals surface area contributed by atoms with Crippen LogP contribution in [0.2, 0.25) is 0 Å². The third-order valence-electron chi connectivity index (χ3n) is 5.46. The number of aliphatic carboxylic acids is 1. The predicted molar refractivity (Wildman–Crippen MR) is 125 cm³/mol. The van der Waals surface area contributed by atoms with Crippen molar-refractivity contribution in [1.29, 1.82) is 0 Å². The van der Waals surface area contributed by atoms with Crippen LogP contribution in [0.1, 0.15) is 45.2 Å². The highest BCUT2D eigenvalue weighted by molar-refractivity contribution is 5.96. The van der Waals surface area contributed by atoms with Crippen LogP contribution in [0.15, 0.2) is 12.5 Å². The number of carboxylic acid groups (broad SMARTS) is 1. The zero-order valence-electron chi connectivity index (χ0n) is 20.2. The van der Waals surface area contributed by atoms with Gasteiger partial charge in [0.05, 0.1) is 18.8 Å². The highest BCUT2D eigenvalue weighted by Gasteiger charge is 2.32. The van der Waals surface area contributed by atoms with Gasteiger partial charge < -0.3 is 43.2 Å². The van der Waals surface area contributed by atoms with Crippen molar-refractivity contribution < 1.29 is 33.9 Å². The second kappa shape index (κ2) is 14.4. The standard InChI is InChI=1S/C21H34N8O7/c1-3-10(2)17(21(35)36)29-20(34)14(7-16(24)31)28-19(33)13(4-5-15(23)30)27-18(32)12(22)6-11-8-25-9-26-11/h8-10,12-14,17H,3-7,22H2,1-2H3,(H2,23,30)(H2,24,31)(H,25,26)(H,27,32)(H,28,33)(H,29,34)(H,35,36). The molecule has 15 nitrogen and oxygen atoms in total. The molecule has 36 heavy (non-hydrogen) atoms. The highest BCUT2D eigenvalue weighted by Crippen LogP contribution is 2.09. The number of aromatic amines is 1. The molecule has 5 atom stereocenters. The molecular weight excluding hydrogens is 476 g/mol. The zero-order valence-corrected chi connectivity index (χ0v) is 20.2. The largest absolute Gasteiger partial charge is 0.480 e. The Morgan fingerprint density at radius 2 is 1.61 bits per heavy atom. The van der Waals surface area contributed by atoms with E-state index in [9.17, 15) is 33.9 Å². The van der Waals surface area contributed by atoms with Gasteiger partial charge in [-0.3, -0.25) is 24.0 Å². The van der Waals surface area contributed by atoms with E-state index in [1.807, 2.05) is 0 Å². The third-order valence-corrected chi connectivity index (χ3v) is 5.46. The fourth-order valence-electron chi connectivity index (χ4n) is 3.18. The summed E-state index contributed by atoms with van der Waals surface area (Å²) in [6, 6.07) is -5.23. The molecule has 11 N–H and O–H groups in total. The number of carbonyl (C=O) groups excluding carboxylic acids is 5. The molecule has 0 saturated carbocycles. The van der Waals surface area contributed by atoms with E-state index in [2.05, 4.69) is 25.9 Å². The Morgan fingerprint density at radius 3 is 2.11 bits per heavy atom. The molecule has 0 spiro atoms. The average molecular weight is 511 g/mol. The Kier molecular flexibility index (Phi) is 12.0. The van der Waals surface area contributed by atoms with Crippen molar-refractivity contribution in [2.75, 3.05) is 0 Å². The van der Waals surface area contributed by atoms with Crippen molar-refractivity contribution >= 4 is 35.5 Å². The van der Waals surface area contributed by atoms with Gasteiger partial charge in [-0.05, 0) is 12.3 Å². The topological polar surface area (TPSA) is 265 Å². The Hall–Kier alpha value is -4.01. The number of H-pyrrole nitrogens is 1. The van der Waals surface area contributed by atoms with Gasteiger partial charge in [-0.25, -0.2) is 9.78 Å². The van der Waals surface area contributed by atoms with Crippen molar-refractivity contribution in [3.8, 4) is 0 Å². The van der Waals surface area contributed by atoms with Gasteiger partial charge in [0.2, 0.25) is 29.5 Å². The van der Waals surface area contributed by atoms with E-state index in [1.54, 1.807) is 13.8 Å². The molecule has 1 aromatic rings. The summed E-state index contributed by atoms with van der Waals surface area (Å²) >= 11 is 0. The molecule has 0 aliphatic carbocycles. The maximum atomic E-state index is 13.0. The van der Waals surface area contributed by atoms with Crippen LogP contribution in [0, 0.1) is 5.92 Å². The highest BCUT2D eigenvalue weighted by atomic mass is 16.4. The lowest BCUT2D eigenvalue weighted by molar-refractivity contribution is -0.144. The molecule has 0 aliphatic heterocycles. The van der Waals surface area contributed by atoms with E-state index in [0.717, 1.165) is 0 Å². The first-order valence-electron chi connectivity index (χ1n) is 11.3. The summed E-state index contributed by atoms with van der Waals surface area (Å²) in [5.74, 6) is -6.03. The number of hydrogen-bond donors (Lipinski definition) is 8. The van der Waals surface area contributed by atoms with Gasteiger partial charge in [0.25, 0.3) is 0 Å². The number of carbonyl (C=O) groups is 6. The lowest BCUT2D eigenvalue weighted by Crippen LogP contribution is -2.58. The summed E-state index contributed by atoms with van der Waals surface area (Å²) in [4.78, 5) is 79.2. The number of nitrogens with two attached hydrogens (primary N) is 3. The van der Waals surface area contributed by atoms with Crippen molar-refractivity contribution in [3.63, 3.8) is 0 Å². The number of nitrogens with zero attached hydrogens (tertiary/aromatic N) is 1. The minimum atomic E-state index is -1.53. The first-order chi connectivity index (χ1) is 16.8. The summed E-state index contributed by atoms with van der Waals surface area (Å²) in [6.07, 6.45) is 2.25. The summed E-state index contributed by atoms with van der Waals surface area (Å²) in [5.41, 5.74) is 16.8. The van der Waals surface area contributed by atoms with Crippen LogP contribution in [0.3, 0.4) is 0 Å². The molecule has 0 bridgehead atoms. The van der Waals surface area contributed by atoms with Crippen LogP contribution < -0.4 is 33.2 Å². The van der Waals surface area contributed by atoms with Crippen molar-refractivity contribution in [2.24, 2.45) is 23.1 Å². The number of nitrogens with one attached hydrogen (secondary N) is 4. The number of imidazole rings is 1. The van der Waals surface area contributed by atoms with E-state index in [4.69, 9.17) is 17.2 Å². The number of amides is 5. The molecule has 0 fully saturated rings. The average Bonchev–Trinajstić information content (AvgIpc) is 3.31. The van der Waals surface area contributed by atoms with Crippen LogP contribution >= 0.6 is 0 Å². The van der Waals surface area contributed by atoms with Crippen LogP contribution in [0.5, 0.6) is 0 Å². The number of aromatic nitrogens is 2. The molecule has 0 aliphatic rings. The number of primary amides is 2. The lowest BCUT2D eigenvalue weighted by Gasteiger charge is -2.26. The molecule has 1 rings (SSSR count). The lowest BCUT2D eigenvalue weighted by atomic mass is 9.98. The number of hydrogen-bond acceptors (Lipinski definition) is 8. The Balaban J connectivity index is 3.01. The smallest absolute Gasteiger partial charge is 0.326 e.